The van der Waals surface area contributed by atoms with Gasteiger partial charge in [-0.2, -0.15) is 0 Å². The molecule has 12 heteroatoms. The molecule has 10 nitrogen and oxygen atoms in total. The average molecular weight is 543 g/mol. The summed E-state index contributed by atoms with van der Waals surface area (Å²) in [6.07, 6.45) is 1.20. The highest BCUT2D eigenvalue weighted by molar-refractivity contribution is 5.99. The zero-order chi connectivity index (χ0) is 27.9. The summed E-state index contributed by atoms with van der Waals surface area (Å²) in [5, 5.41) is 13.7. The Labute approximate surface area is 222 Å². The van der Waals surface area contributed by atoms with E-state index >= 15 is 0 Å². The Balaban J connectivity index is 1.74. The normalized spacial score (nSPS) is 12.9. The van der Waals surface area contributed by atoms with Gasteiger partial charge in [-0.15, -0.1) is 0 Å². The van der Waals surface area contributed by atoms with Gasteiger partial charge < -0.3 is 24.8 Å². The standard InChI is InChI=1S/C27H28F2N4O6/c1-38-12-10-31-17-32(9-11-34)33-15-21(26(36)30-14-19-7-8-20(28)13-22(19)29)24(35)25(23(33)27(31)37)39-16-18-5-3-2-4-6-18/h2-8,13,15,34H,9-12,14,16-17H2,1H3,(H,30,36). The number of carbonyl (C=O) groups is 2. The molecule has 3 aromatic rings. The number of ether oxygens (including phenoxy) is 2. The van der Waals surface area contributed by atoms with Crippen molar-refractivity contribution in [1.29, 1.82) is 0 Å². The van der Waals surface area contributed by atoms with Gasteiger partial charge in [0.05, 0.1) is 19.8 Å². The predicted octanol–water partition coefficient (Wildman–Crippen LogP) is 1.63. The average Bonchev–Trinajstić information content (AvgIpc) is 2.93. The van der Waals surface area contributed by atoms with E-state index in [1.807, 2.05) is 6.07 Å². The topological polar surface area (TPSA) is 113 Å². The van der Waals surface area contributed by atoms with E-state index in [9.17, 15) is 28.3 Å². The molecule has 4 rings (SSSR count). The van der Waals surface area contributed by atoms with E-state index in [0.29, 0.717) is 6.07 Å². The van der Waals surface area contributed by atoms with Gasteiger partial charge in [0.15, 0.2) is 11.4 Å². The molecular formula is C27H28F2N4O6. The zero-order valence-electron chi connectivity index (χ0n) is 21.2. The Bertz CT molecular complexity index is 1400. The number of methoxy groups -OCH3 is 1. The maximum Gasteiger partial charge on any atom is 0.277 e. The Morgan fingerprint density at radius 2 is 1.87 bits per heavy atom. The summed E-state index contributed by atoms with van der Waals surface area (Å²) in [7, 11) is 1.50. The second-order valence-electron chi connectivity index (χ2n) is 8.74. The molecule has 39 heavy (non-hydrogen) atoms. The maximum atomic E-state index is 14.1. The van der Waals surface area contributed by atoms with E-state index in [-0.39, 0.29) is 68.7 Å². The third kappa shape index (κ3) is 6.24. The summed E-state index contributed by atoms with van der Waals surface area (Å²) in [5.74, 6) is -3.30. The number of hydrogen-bond acceptors (Lipinski definition) is 7. The first-order valence-electron chi connectivity index (χ1n) is 12.2. The lowest BCUT2D eigenvalue weighted by atomic mass is 10.1. The first-order valence-corrected chi connectivity index (χ1v) is 12.2. The predicted molar refractivity (Wildman–Crippen MR) is 137 cm³/mol. The highest BCUT2D eigenvalue weighted by Gasteiger charge is 2.35. The molecular weight excluding hydrogens is 514 g/mol. The molecule has 2 amide bonds. The first-order chi connectivity index (χ1) is 18.8. The fourth-order valence-electron chi connectivity index (χ4n) is 4.11. The number of carbonyl (C=O) groups excluding carboxylic acids is 2. The van der Waals surface area contributed by atoms with Gasteiger partial charge in [0, 0.05) is 38.0 Å². The van der Waals surface area contributed by atoms with Crippen LogP contribution in [0.2, 0.25) is 0 Å². The van der Waals surface area contributed by atoms with Crippen LogP contribution in [0.4, 0.5) is 8.78 Å². The number of nitrogens with zero attached hydrogens (tertiary/aromatic N) is 3. The number of nitrogens with one attached hydrogen (secondary N) is 1. The Morgan fingerprint density at radius 3 is 2.56 bits per heavy atom. The summed E-state index contributed by atoms with van der Waals surface area (Å²) in [6.45, 7) is -0.0516. The number of aromatic nitrogens is 1. The minimum absolute atomic E-state index is 0.0224. The molecule has 0 spiro atoms. The van der Waals surface area contributed by atoms with Crippen LogP contribution in [0.1, 0.15) is 32.0 Å². The SMILES string of the molecule is COCCN1CN(CCO)n2cc(C(=O)NCc3ccc(F)cc3F)c(=O)c(OCc3ccccc3)c2C1=O. The van der Waals surface area contributed by atoms with Gasteiger partial charge in [0.25, 0.3) is 11.8 Å². The third-order valence-corrected chi connectivity index (χ3v) is 6.12. The van der Waals surface area contributed by atoms with Crippen molar-refractivity contribution in [3.05, 3.63) is 99.0 Å². The molecule has 0 saturated heterocycles. The molecule has 0 radical (unpaired) electrons. The maximum absolute atomic E-state index is 14.1. The van der Waals surface area contributed by atoms with Crippen LogP contribution in [-0.4, -0.2) is 66.6 Å². The van der Waals surface area contributed by atoms with Crippen LogP contribution in [0.3, 0.4) is 0 Å². The second kappa shape index (κ2) is 12.5. The van der Waals surface area contributed by atoms with Crippen LogP contribution in [0.15, 0.2) is 59.5 Å². The molecule has 0 aliphatic carbocycles. The fourth-order valence-corrected chi connectivity index (χ4v) is 4.11. The first kappa shape index (κ1) is 27.7. The Morgan fingerprint density at radius 1 is 1.10 bits per heavy atom. The molecule has 2 heterocycles. The van der Waals surface area contributed by atoms with E-state index < -0.39 is 28.9 Å². The summed E-state index contributed by atoms with van der Waals surface area (Å²) >= 11 is 0. The van der Waals surface area contributed by atoms with Gasteiger partial charge in [-0.25, -0.2) is 8.78 Å². The van der Waals surface area contributed by atoms with Gasteiger partial charge >= 0.3 is 0 Å². The molecule has 0 fully saturated rings. The van der Waals surface area contributed by atoms with Crippen molar-refractivity contribution in [3.8, 4) is 5.75 Å². The van der Waals surface area contributed by atoms with Gasteiger partial charge in [-0.05, 0) is 11.6 Å². The number of pyridine rings is 1. The van der Waals surface area contributed by atoms with Crippen molar-refractivity contribution in [2.24, 2.45) is 0 Å². The van der Waals surface area contributed by atoms with Crippen molar-refractivity contribution in [3.63, 3.8) is 0 Å². The number of rotatable bonds is 11. The van der Waals surface area contributed by atoms with Gasteiger partial charge in [0.1, 0.15) is 30.5 Å². The van der Waals surface area contributed by atoms with E-state index in [1.165, 1.54) is 28.9 Å². The lowest BCUT2D eigenvalue weighted by molar-refractivity contribution is 0.0613. The van der Waals surface area contributed by atoms with Crippen LogP contribution in [0, 0.1) is 11.6 Å². The summed E-state index contributed by atoms with van der Waals surface area (Å²) in [4.78, 5) is 41.6. The summed E-state index contributed by atoms with van der Waals surface area (Å²) in [6, 6.07) is 11.9. The molecule has 206 valence electrons. The Kier molecular flexibility index (Phi) is 8.89. The van der Waals surface area contributed by atoms with Crippen LogP contribution in [-0.2, 0) is 17.9 Å². The van der Waals surface area contributed by atoms with Gasteiger partial charge in [-0.3, -0.25) is 24.1 Å². The molecule has 0 saturated carbocycles. The number of aliphatic hydroxyl groups excluding tert-OH is 1. The number of amides is 2. The zero-order valence-corrected chi connectivity index (χ0v) is 21.2. The van der Waals surface area contributed by atoms with E-state index in [4.69, 9.17) is 9.47 Å². The van der Waals surface area contributed by atoms with Crippen molar-refractivity contribution >= 4 is 11.8 Å². The number of hydrogen-bond donors (Lipinski definition) is 2. The van der Waals surface area contributed by atoms with Crippen molar-refractivity contribution in [1.82, 2.24) is 14.9 Å². The van der Waals surface area contributed by atoms with Gasteiger partial charge in [-0.1, -0.05) is 36.4 Å². The summed E-state index contributed by atoms with van der Waals surface area (Å²) < 4.78 is 39.6. The van der Waals surface area contributed by atoms with E-state index in [0.717, 1.165) is 11.6 Å². The number of β-amino-alcohol motifs (C(OH)–C–C–N with tert-alkyl or cyclic N) is 1. The molecule has 0 bridgehead atoms. The molecule has 0 unspecified atom stereocenters. The van der Waals surface area contributed by atoms with E-state index in [1.54, 1.807) is 29.3 Å². The minimum atomic E-state index is -0.847. The fraction of sp³-hybridized carbons (Fsp3) is 0.296. The van der Waals surface area contributed by atoms with Crippen LogP contribution in [0.25, 0.3) is 0 Å². The molecule has 1 aromatic heterocycles. The quantitative estimate of drug-likeness (QED) is 0.379. The van der Waals surface area contributed by atoms with Gasteiger partial charge in [0.2, 0.25) is 5.43 Å². The molecule has 1 aliphatic heterocycles. The smallest absolute Gasteiger partial charge is 0.277 e. The molecule has 0 atom stereocenters. The molecule has 2 aromatic carbocycles. The monoisotopic (exact) mass is 542 g/mol. The number of aliphatic hydroxyl groups is 1. The van der Waals surface area contributed by atoms with Crippen molar-refractivity contribution in [2.75, 3.05) is 45.1 Å². The van der Waals surface area contributed by atoms with Crippen LogP contribution < -0.4 is 20.5 Å². The number of benzene rings is 2. The number of fused-ring (bicyclic) bond motifs is 1. The van der Waals surface area contributed by atoms with Crippen LogP contribution >= 0.6 is 0 Å². The summed E-state index contributed by atoms with van der Waals surface area (Å²) in [5.41, 5.74) is -0.545. The Hall–Kier alpha value is -4.29. The van der Waals surface area contributed by atoms with Crippen molar-refractivity contribution < 1.29 is 33.0 Å². The highest BCUT2D eigenvalue weighted by Crippen LogP contribution is 2.23. The lowest BCUT2D eigenvalue weighted by Crippen LogP contribution is -2.56. The molecule has 1 aliphatic rings. The van der Waals surface area contributed by atoms with Crippen LogP contribution in [0.5, 0.6) is 5.75 Å². The third-order valence-electron chi connectivity index (χ3n) is 6.12. The second-order valence-corrected chi connectivity index (χ2v) is 8.74. The highest BCUT2D eigenvalue weighted by atomic mass is 19.1. The van der Waals surface area contributed by atoms with Crippen molar-refractivity contribution in [2.45, 2.75) is 13.2 Å². The largest absolute Gasteiger partial charge is 0.482 e. The lowest BCUT2D eigenvalue weighted by Gasteiger charge is -2.39. The minimum Gasteiger partial charge on any atom is -0.482 e. The molecule has 2 N–H and O–H groups in total. The van der Waals surface area contributed by atoms with E-state index in [2.05, 4.69) is 5.32 Å². The number of halogens is 2.